The van der Waals surface area contributed by atoms with Gasteiger partial charge in [-0.1, -0.05) is 154 Å². The van der Waals surface area contributed by atoms with Crippen LogP contribution in [0, 0.1) is 19.8 Å². The summed E-state index contributed by atoms with van der Waals surface area (Å²) in [5.74, 6) is -3.14. The number of allylic oxidation sites excluding steroid dienone is 6. The summed E-state index contributed by atoms with van der Waals surface area (Å²) in [6.45, 7) is 15.5. The molecule has 732 valence electrons. The molecule has 2 atom stereocenters. The fourth-order valence-corrected chi connectivity index (χ4v) is 22.8. The minimum Gasteiger partial charge on any atom is -0.456 e. The van der Waals surface area contributed by atoms with Crippen molar-refractivity contribution in [3.05, 3.63) is 315 Å². The quantitative estimate of drug-likeness (QED) is 0.00475. The van der Waals surface area contributed by atoms with Crippen LogP contribution in [0.1, 0.15) is 158 Å². The number of hydrogen-bond acceptors (Lipinski definition) is 18. The number of Topliss-reactive ketones (excluding diaryl/α,β-unsaturated/α-hetero) is 1. The molecule has 16 rings (SSSR count). The number of hydrogen-bond donors (Lipinski definition) is 7. The van der Waals surface area contributed by atoms with Crippen molar-refractivity contribution in [3.8, 4) is 22.5 Å². The predicted octanol–water partition coefficient (Wildman–Crippen LogP) is 16.1. The molecule has 1 saturated heterocycles. The third kappa shape index (κ3) is 22.5. The van der Waals surface area contributed by atoms with Crippen LogP contribution < -0.4 is 46.3 Å². The van der Waals surface area contributed by atoms with E-state index in [1.165, 1.54) is 51.8 Å². The van der Waals surface area contributed by atoms with Crippen molar-refractivity contribution in [2.45, 2.75) is 170 Å². The molecule has 7 aliphatic rings. The first-order valence-electron chi connectivity index (χ1n) is 48.0. The number of para-hydroxylation sites is 2. The van der Waals surface area contributed by atoms with Gasteiger partial charge in [0.1, 0.15) is 30.5 Å². The second-order valence-electron chi connectivity index (χ2n) is 37.4. The van der Waals surface area contributed by atoms with Gasteiger partial charge in [-0.2, -0.15) is 30.3 Å². The molecule has 0 bridgehead atoms. The molecule has 0 radical (unpaired) electrons. The van der Waals surface area contributed by atoms with Crippen LogP contribution in [0.4, 0.5) is 33.2 Å². The van der Waals surface area contributed by atoms with Crippen molar-refractivity contribution in [2.24, 2.45) is 5.92 Å². The molecule has 5 amide bonds. The molecule has 0 aromatic heterocycles. The lowest BCUT2D eigenvalue weighted by atomic mass is 9.81. The lowest BCUT2D eigenvalue weighted by Crippen LogP contribution is -2.53. The summed E-state index contributed by atoms with van der Waals surface area (Å²) in [5, 5.41) is 16.0. The van der Waals surface area contributed by atoms with Crippen LogP contribution in [-0.4, -0.2) is 168 Å². The number of piperidine rings is 1. The highest BCUT2D eigenvalue weighted by atomic mass is 32.2. The Kier molecular flexibility index (Phi) is 30.6. The van der Waals surface area contributed by atoms with Crippen LogP contribution in [0.3, 0.4) is 0 Å². The average Bonchev–Trinajstić information content (AvgIpc) is 1.68. The SMILES string of the molecule is CC[N+]1=C(/C=C/C=C/C=C2\N(CCCCCC(=O)NCCCC[C@H](NC(=O)[C@H](Cc3ccccc3)NC(=O)OCc3ccccc3)C(=O)COC(=O)c3c(C)cc(C(=O)NCCNC(=O)C4CCN(S(=O)(=O)c5ccccc5-c5c6ccc(=[N+]7CCc8ccccc87)cc-6oc6cc(N7CCc8ccccc87)ccc56)CC4)cc3C)c3ccc(S(=O)(=O)O)cc3C2(C)C)C(C)(C)c2cc(S(=O)(=O)O)ccc21. The standard InChI is InChI=1S/C110H116N10O18S3/c1-8-117-93-49-45-82(140(130,131)132)68-87(93)109(4,5)99(117)40-17-11-18-41-100-110(6,7)88-69-83(141(133,134)135)46-50-94(88)120(100)58-28-12-19-42-101(122)111-55-27-26-36-89(114-106(125)90(65-74-29-13-9-14-30-74)115-108(127)137-70-75-31-15-10-16-32-75)95(121)71-136-107(126)102-72(2)63-79(64-73(102)3)105(124)113-57-56-112-104(123)78-51-59-116(60-52-78)139(128,129)98-39-25-22-35-86(98)103-84-47-43-80(118-61-53-76-33-20-23-37-91(76)118)66-96(84)138-97-67-81(44-48-85(97)103)119-62-54-77-34-21-24-38-92(77)119/h9-11,13-18,20-25,29-35,37-41,43-50,63-64,66-69,78,89-90H,8,12,19,26-28,36,42,51-62,65,70-71H2,1-7H3,(H5-2,111,112,113,114,115,122,123,124,125,127,130,131,132,133,134,135)/p+2/t89-,90-/m0/s1. The van der Waals surface area contributed by atoms with Crippen molar-refractivity contribution in [1.29, 1.82) is 0 Å². The molecule has 1 aliphatic carbocycles. The molecular formula is C110H118N10O18S3+2. The number of sulfonamides is 1. The number of anilines is 3. The zero-order valence-electron chi connectivity index (χ0n) is 80.1. The summed E-state index contributed by atoms with van der Waals surface area (Å²) in [4.78, 5) is 102. The summed E-state index contributed by atoms with van der Waals surface area (Å²) in [6, 6.07) is 63.7. The van der Waals surface area contributed by atoms with Crippen LogP contribution in [0.5, 0.6) is 0 Å². The first-order valence-corrected chi connectivity index (χ1v) is 52.3. The number of alkyl carbamates (subject to hydrolysis) is 1. The number of benzene rings is 10. The minimum atomic E-state index is -4.54. The number of nitrogens with one attached hydrogen (secondary N) is 5. The van der Waals surface area contributed by atoms with Crippen molar-refractivity contribution in [1.82, 2.24) is 35.5 Å². The summed E-state index contributed by atoms with van der Waals surface area (Å²) in [5.41, 5.74) is 14.3. The number of nitrogens with zero attached hydrogens (tertiary/aromatic N) is 5. The Morgan fingerprint density at radius 2 is 1.27 bits per heavy atom. The van der Waals surface area contributed by atoms with Gasteiger partial charge in [0.15, 0.2) is 24.6 Å². The van der Waals surface area contributed by atoms with Crippen LogP contribution in [0.2, 0.25) is 0 Å². The Bertz CT molecular complexity index is 7200. The van der Waals surface area contributed by atoms with Gasteiger partial charge in [-0.25, -0.2) is 18.0 Å². The number of carbonyl (C=O) groups excluding carboxylic acids is 7. The zero-order chi connectivity index (χ0) is 99.7. The molecule has 141 heavy (non-hydrogen) atoms. The molecule has 6 aliphatic heterocycles. The predicted molar refractivity (Wildman–Crippen MR) is 542 cm³/mol. The molecule has 28 nitrogen and oxygen atoms in total. The molecule has 6 heterocycles. The fourth-order valence-electron chi connectivity index (χ4n) is 20.1. The number of esters is 1. The summed E-state index contributed by atoms with van der Waals surface area (Å²) < 4.78 is 124. The number of ketones is 1. The van der Waals surface area contributed by atoms with E-state index < -0.39 is 95.4 Å². The average molecular weight is 1960 g/mol. The second-order valence-corrected chi connectivity index (χ2v) is 42.2. The van der Waals surface area contributed by atoms with E-state index in [0.29, 0.717) is 89.9 Å². The Morgan fingerprint density at radius 1 is 0.589 bits per heavy atom. The number of amides is 5. The van der Waals surface area contributed by atoms with E-state index in [-0.39, 0.29) is 109 Å². The lowest BCUT2D eigenvalue weighted by molar-refractivity contribution is -0.433. The maximum Gasteiger partial charge on any atom is 0.408 e. The Hall–Kier alpha value is -13.8. The van der Waals surface area contributed by atoms with Crippen molar-refractivity contribution < 1.29 is 86.4 Å². The van der Waals surface area contributed by atoms with Crippen LogP contribution in [0.25, 0.3) is 33.4 Å². The molecular weight excluding hydrogens is 1850 g/mol. The number of carbonyl (C=O) groups is 7. The molecule has 31 heteroatoms. The maximum atomic E-state index is 15.2. The zero-order valence-corrected chi connectivity index (χ0v) is 82.5. The normalized spacial score (nSPS) is 16.2. The first-order chi connectivity index (χ1) is 67.6. The van der Waals surface area contributed by atoms with E-state index >= 15 is 8.42 Å². The highest BCUT2D eigenvalue weighted by molar-refractivity contribution is 7.89. The monoisotopic (exact) mass is 1960 g/mol. The van der Waals surface area contributed by atoms with Crippen LogP contribution in [0.15, 0.2) is 274 Å². The van der Waals surface area contributed by atoms with E-state index in [9.17, 15) is 59.5 Å². The lowest BCUT2D eigenvalue weighted by Gasteiger charge is -2.31. The van der Waals surface area contributed by atoms with E-state index in [0.717, 1.165) is 93.2 Å². The molecule has 9 aromatic rings. The van der Waals surface area contributed by atoms with Gasteiger partial charge in [0.25, 0.3) is 26.1 Å². The molecule has 1 fully saturated rings. The third-order valence-corrected chi connectivity index (χ3v) is 31.1. The van der Waals surface area contributed by atoms with E-state index in [4.69, 9.17) is 13.9 Å². The summed E-state index contributed by atoms with van der Waals surface area (Å²) in [6.07, 6.45) is 13.7. The Morgan fingerprint density at radius 3 is 2.01 bits per heavy atom. The molecule has 7 N–H and O–H groups in total. The Balaban J connectivity index is 0.521. The van der Waals surface area contributed by atoms with Crippen LogP contribution >= 0.6 is 0 Å². The van der Waals surface area contributed by atoms with Gasteiger partial charge in [0, 0.05) is 168 Å². The molecule has 9 aromatic carbocycles. The van der Waals surface area contributed by atoms with E-state index in [2.05, 4.69) is 106 Å². The number of aryl methyl sites for hydroxylation is 2. The molecule has 0 saturated carbocycles. The first kappa shape index (κ1) is 100. The van der Waals surface area contributed by atoms with Crippen molar-refractivity contribution in [2.75, 3.05) is 75.3 Å². The van der Waals surface area contributed by atoms with Gasteiger partial charge in [-0.15, -0.1) is 0 Å². The fraction of sp³-hybridized carbons (Fsp3) is 0.318. The van der Waals surface area contributed by atoms with E-state index in [1.807, 2.05) is 107 Å². The van der Waals surface area contributed by atoms with E-state index in [1.54, 1.807) is 92.7 Å². The highest BCUT2D eigenvalue weighted by Crippen LogP contribution is 2.50. The Labute approximate surface area is 822 Å². The molecule has 0 spiro atoms. The van der Waals surface area contributed by atoms with Gasteiger partial charge in [-0.05, 0) is 198 Å². The van der Waals surface area contributed by atoms with Crippen molar-refractivity contribution >= 4 is 117 Å². The number of ether oxygens (including phenoxy) is 2. The second kappa shape index (κ2) is 43.1. The van der Waals surface area contributed by atoms with Gasteiger partial charge in [-0.3, -0.25) is 33.1 Å². The highest BCUT2D eigenvalue weighted by Gasteiger charge is 2.46. The minimum absolute atomic E-state index is 0.0118. The van der Waals surface area contributed by atoms with Gasteiger partial charge < -0.3 is 50.3 Å². The summed E-state index contributed by atoms with van der Waals surface area (Å²) >= 11 is 0. The molecule has 0 unspecified atom stereocenters. The maximum absolute atomic E-state index is 15.2. The van der Waals surface area contributed by atoms with Crippen LogP contribution in [-0.2, 0) is 95.6 Å². The topological polar surface area (TPSA) is 370 Å². The number of unbranched alkanes of at least 4 members (excludes halogenated alkanes) is 3. The van der Waals surface area contributed by atoms with Gasteiger partial charge in [0.05, 0.1) is 37.8 Å². The number of rotatable bonds is 37. The van der Waals surface area contributed by atoms with Gasteiger partial charge in [0.2, 0.25) is 44.5 Å². The third-order valence-electron chi connectivity index (χ3n) is 27.4. The van der Waals surface area contributed by atoms with Crippen molar-refractivity contribution in [3.63, 3.8) is 0 Å². The largest absolute Gasteiger partial charge is 0.456 e. The number of fused-ring (bicyclic) bond motifs is 6. The van der Waals surface area contributed by atoms with Gasteiger partial charge >= 0.3 is 12.1 Å². The summed E-state index contributed by atoms with van der Waals surface area (Å²) in [7, 11) is -13.1. The smallest absolute Gasteiger partial charge is 0.408 e.